The molecule has 33 heavy (non-hydrogen) atoms. The first kappa shape index (κ1) is 22.6. The van der Waals surface area contributed by atoms with Gasteiger partial charge in [0.1, 0.15) is 46.9 Å². The molecule has 2 heterocycles. The smallest absolute Gasteiger partial charge is 0.239 e. The molecule has 1 fully saturated rings. The van der Waals surface area contributed by atoms with Gasteiger partial charge in [-0.15, -0.1) is 0 Å². The fourth-order valence-corrected chi connectivity index (χ4v) is 3.51. The quantitative estimate of drug-likeness (QED) is 0.229. The second-order valence-electron chi connectivity index (χ2n) is 7.45. The van der Waals surface area contributed by atoms with Crippen molar-refractivity contribution in [2.45, 2.75) is 30.7 Å². The number of hydrogen-bond donors (Lipinski definition) is 8. The summed E-state index contributed by atoms with van der Waals surface area (Å²) < 4.78 is 16.5. The number of phenols is 4. The minimum absolute atomic E-state index is 0.0201. The van der Waals surface area contributed by atoms with Gasteiger partial charge in [0.05, 0.1) is 6.61 Å². The summed E-state index contributed by atoms with van der Waals surface area (Å²) in [6.45, 7) is -0.740. The van der Waals surface area contributed by atoms with Crippen molar-refractivity contribution in [3.05, 3.63) is 40.6 Å². The van der Waals surface area contributed by atoms with Crippen LogP contribution in [0.15, 0.2) is 39.5 Å². The summed E-state index contributed by atoms with van der Waals surface area (Å²) in [5, 5.41) is 78.7. The first-order chi connectivity index (χ1) is 15.6. The molecule has 1 aromatic heterocycles. The van der Waals surface area contributed by atoms with Crippen LogP contribution in [0.2, 0.25) is 0 Å². The molecule has 0 saturated carbocycles. The zero-order valence-corrected chi connectivity index (χ0v) is 16.7. The van der Waals surface area contributed by atoms with Crippen molar-refractivity contribution in [1.82, 2.24) is 0 Å². The number of aromatic hydroxyl groups is 4. The lowest BCUT2D eigenvalue weighted by Gasteiger charge is -2.39. The molecule has 176 valence electrons. The fourth-order valence-electron chi connectivity index (χ4n) is 3.51. The maximum Gasteiger partial charge on any atom is 0.239 e. The molecular formula is C21H20O12. The van der Waals surface area contributed by atoms with Crippen LogP contribution in [0.4, 0.5) is 0 Å². The third-order valence-electron chi connectivity index (χ3n) is 5.24. The standard InChI is InChI=1S/C21H20O12/c22-6-13-15(27)17(29)18(30)21(32-13)33-20-16(28)14-11(26)4-8(23)5-12(14)31-19(20)7-1-2-9(24)10(25)3-7/h1-5,13,15,17-18,21-27,29-30H,6H2/t13-,15-,17-,18+,21-/m0/s1. The Bertz CT molecular complexity index is 1250. The van der Waals surface area contributed by atoms with E-state index in [0.29, 0.717) is 0 Å². The van der Waals surface area contributed by atoms with Crippen LogP contribution < -0.4 is 10.2 Å². The molecule has 0 aliphatic carbocycles. The summed E-state index contributed by atoms with van der Waals surface area (Å²) in [6, 6.07) is 5.36. The lowest BCUT2D eigenvalue weighted by molar-refractivity contribution is -0.277. The van der Waals surface area contributed by atoms with Gasteiger partial charge in [0.25, 0.3) is 0 Å². The van der Waals surface area contributed by atoms with Crippen LogP contribution in [-0.4, -0.2) is 78.2 Å². The number of hydrogen-bond acceptors (Lipinski definition) is 12. The van der Waals surface area contributed by atoms with E-state index in [1.54, 1.807) is 0 Å². The van der Waals surface area contributed by atoms with Crippen LogP contribution in [0.25, 0.3) is 22.3 Å². The van der Waals surface area contributed by atoms with E-state index >= 15 is 0 Å². The third kappa shape index (κ3) is 3.90. The number of benzene rings is 2. The Kier molecular flexibility index (Phi) is 5.78. The molecule has 5 atom stereocenters. The Labute approximate surface area is 184 Å². The summed E-state index contributed by atoms with van der Waals surface area (Å²) in [6.07, 6.45) is -8.40. The van der Waals surface area contributed by atoms with Crippen molar-refractivity contribution in [3.63, 3.8) is 0 Å². The van der Waals surface area contributed by atoms with E-state index < -0.39 is 71.5 Å². The van der Waals surface area contributed by atoms with Gasteiger partial charge < -0.3 is 54.7 Å². The normalized spacial score (nSPS) is 25.3. The molecular weight excluding hydrogens is 444 g/mol. The van der Waals surface area contributed by atoms with Crippen LogP contribution in [0.1, 0.15) is 0 Å². The Hall–Kier alpha value is -3.55. The maximum absolute atomic E-state index is 13.2. The molecule has 12 nitrogen and oxygen atoms in total. The van der Waals surface area contributed by atoms with Crippen molar-refractivity contribution in [3.8, 4) is 40.1 Å². The molecule has 2 aromatic carbocycles. The first-order valence-corrected chi connectivity index (χ1v) is 9.64. The van der Waals surface area contributed by atoms with Gasteiger partial charge in [0, 0.05) is 17.7 Å². The van der Waals surface area contributed by atoms with E-state index in [2.05, 4.69) is 0 Å². The molecule has 0 bridgehead atoms. The van der Waals surface area contributed by atoms with Crippen LogP contribution in [0.5, 0.6) is 28.7 Å². The number of fused-ring (bicyclic) bond motifs is 1. The minimum Gasteiger partial charge on any atom is -0.508 e. The van der Waals surface area contributed by atoms with Crippen molar-refractivity contribution in [2.75, 3.05) is 6.61 Å². The topological polar surface area (TPSA) is 211 Å². The van der Waals surface area contributed by atoms with Crippen molar-refractivity contribution in [2.24, 2.45) is 0 Å². The highest BCUT2D eigenvalue weighted by Gasteiger charge is 2.45. The van der Waals surface area contributed by atoms with Crippen LogP contribution in [0.3, 0.4) is 0 Å². The monoisotopic (exact) mass is 464 g/mol. The van der Waals surface area contributed by atoms with Crippen molar-refractivity contribution in [1.29, 1.82) is 0 Å². The van der Waals surface area contributed by atoms with Gasteiger partial charge >= 0.3 is 0 Å². The Morgan fingerprint density at radius 3 is 2.27 bits per heavy atom. The van der Waals surface area contributed by atoms with Gasteiger partial charge in [-0.25, -0.2) is 0 Å². The van der Waals surface area contributed by atoms with Gasteiger partial charge in [-0.3, -0.25) is 4.79 Å². The summed E-state index contributed by atoms with van der Waals surface area (Å²) in [5.41, 5.74) is -1.19. The number of aliphatic hydroxyl groups excluding tert-OH is 4. The molecule has 12 heteroatoms. The molecule has 3 aromatic rings. The molecule has 0 radical (unpaired) electrons. The highest BCUT2D eigenvalue weighted by Crippen LogP contribution is 2.39. The van der Waals surface area contributed by atoms with Gasteiger partial charge in [0.2, 0.25) is 17.5 Å². The average molecular weight is 464 g/mol. The lowest BCUT2D eigenvalue weighted by Crippen LogP contribution is -2.60. The summed E-state index contributed by atoms with van der Waals surface area (Å²) in [7, 11) is 0. The number of ether oxygens (including phenoxy) is 2. The molecule has 8 N–H and O–H groups in total. The third-order valence-corrected chi connectivity index (χ3v) is 5.24. The molecule has 1 aliphatic rings. The number of rotatable bonds is 4. The van der Waals surface area contributed by atoms with Gasteiger partial charge in [-0.1, -0.05) is 0 Å². The van der Waals surface area contributed by atoms with Gasteiger partial charge in [-0.05, 0) is 18.2 Å². The average Bonchev–Trinajstić information content (AvgIpc) is 2.76. The predicted octanol–water partition coefficient (Wildman–Crippen LogP) is -0.539. The highest BCUT2D eigenvalue weighted by molar-refractivity contribution is 5.88. The largest absolute Gasteiger partial charge is 0.508 e. The summed E-state index contributed by atoms with van der Waals surface area (Å²) in [5.74, 6) is -3.05. The Balaban J connectivity index is 1.91. The maximum atomic E-state index is 13.2. The predicted molar refractivity (Wildman–Crippen MR) is 109 cm³/mol. The molecule has 0 unspecified atom stereocenters. The highest BCUT2D eigenvalue weighted by atomic mass is 16.7. The zero-order valence-electron chi connectivity index (χ0n) is 16.7. The van der Waals surface area contributed by atoms with E-state index in [9.17, 15) is 45.6 Å². The molecule has 4 rings (SSSR count). The molecule has 0 spiro atoms. The van der Waals surface area contributed by atoms with Crippen LogP contribution in [0, 0.1) is 0 Å². The SMILES string of the molecule is O=c1c(O[C@@H]2O[C@@H](CO)[C@H](O)[C@H](O)[C@H]2O)c(-c2ccc(O)c(O)c2)oc2cc(O)cc(O)c12. The zero-order chi connectivity index (χ0) is 24.0. The molecule has 1 aliphatic heterocycles. The molecule has 0 amide bonds. The fraction of sp³-hybridized carbons (Fsp3) is 0.286. The van der Waals surface area contributed by atoms with Crippen LogP contribution >= 0.6 is 0 Å². The van der Waals surface area contributed by atoms with Gasteiger partial charge in [-0.2, -0.15) is 0 Å². The summed E-state index contributed by atoms with van der Waals surface area (Å²) in [4.78, 5) is 13.2. The Morgan fingerprint density at radius 1 is 0.879 bits per heavy atom. The van der Waals surface area contributed by atoms with Crippen molar-refractivity contribution < 1.29 is 54.7 Å². The van der Waals surface area contributed by atoms with E-state index in [0.717, 1.165) is 24.3 Å². The van der Waals surface area contributed by atoms with Gasteiger partial charge in [0.15, 0.2) is 17.3 Å². The lowest BCUT2D eigenvalue weighted by atomic mass is 9.99. The van der Waals surface area contributed by atoms with E-state index in [1.807, 2.05) is 0 Å². The molecule has 1 saturated heterocycles. The first-order valence-electron chi connectivity index (χ1n) is 9.64. The minimum atomic E-state index is -1.85. The van der Waals surface area contributed by atoms with E-state index in [1.165, 1.54) is 6.07 Å². The number of aliphatic hydroxyl groups is 4. The second kappa shape index (κ2) is 8.42. The Morgan fingerprint density at radius 2 is 1.61 bits per heavy atom. The van der Waals surface area contributed by atoms with Crippen molar-refractivity contribution >= 4 is 11.0 Å². The van der Waals surface area contributed by atoms with E-state index in [4.69, 9.17) is 13.9 Å². The summed E-state index contributed by atoms with van der Waals surface area (Å²) >= 11 is 0. The number of phenolic OH excluding ortho intramolecular Hbond substituents is 4. The van der Waals surface area contributed by atoms with Crippen LogP contribution in [-0.2, 0) is 4.74 Å². The second-order valence-corrected chi connectivity index (χ2v) is 7.45. The van der Waals surface area contributed by atoms with E-state index in [-0.39, 0.29) is 22.3 Å².